The van der Waals surface area contributed by atoms with Gasteiger partial charge in [0.25, 0.3) is 0 Å². The van der Waals surface area contributed by atoms with Crippen LogP contribution < -0.4 is 0 Å². The lowest BCUT2D eigenvalue weighted by atomic mass is 10.2. The van der Waals surface area contributed by atoms with E-state index in [0.717, 1.165) is 12.8 Å². The molecule has 3 heterocycles. The molecular formula is C13H17N3O3S. The summed E-state index contributed by atoms with van der Waals surface area (Å²) in [7, 11) is -3.51. The minimum atomic E-state index is -3.51. The lowest BCUT2D eigenvalue weighted by Crippen LogP contribution is -2.30. The van der Waals surface area contributed by atoms with Gasteiger partial charge >= 0.3 is 0 Å². The third kappa shape index (κ3) is 2.16. The van der Waals surface area contributed by atoms with Crippen molar-refractivity contribution in [2.75, 3.05) is 6.54 Å². The van der Waals surface area contributed by atoms with Crippen molar-refractivity contribution in [3.05, 3.63) is 36.5 Å². The number of nitrogens with zero attached hydrogens (tertiary/aromatic N) is 3. The average molecular weight is 295 g/mol. The molecule has 0 amide bonds. The molecule has 1 aliphatic rings. The van der Waals surface area contributed by atoms with Crippen LogP contribution in [0.4, 0.5) is 0 Å². The van der Waals surface area contributed by atoms with Crippen molar-refractivity contribution in [3.63, 3.8) is 0 Å². The van der Waals surface area contributed by atoms with Gasteiger partial charge in [0.1, 0.15) is 10.7 Å². The van der Waals surface area contributed by atoms with E-state index in [1.807, 2.05) is 13.0 Å². The maximum Gasteiger partial charge on any atom is 0.246 e. The van der Waals surface area contributed by atoms with Crippen LogP contribution in [0, 0.1) is 0 Å². The van der Waals surface area contributed by atoms with Crippen LogP contribution in [0.15, 0.2) is 40.1 Å². The van der Waals surface area contributed by atoms with E-state index in [1.165, 1.54) is 10.5 Å². The number of sulfonamides is 1. The Hall–Kier alpha value is -1.60. The Morgan fingerprint density at radius 2 is 2.35 bits per heavy atom. The first-order valence-corrected chi connectivity index (χ1v) is 8.14. The second-order valence-electron chi connectivity index (χ2n) is 4.82. The molecule has 2 aromatic rings. The van der Waals surface area contributed by atoms with Gasteiger partial charge in [0, 0.05) is 19.3 Å². The molecule has 1 aliphatic heterocycles. The Morgan fingerprint density at radius 3 is 3.00 bits per heavy atom. The first kappa shape index (κ1) is 13.4. The zero-order valence-electron chi connectivity index (χ0n) is 11.3. The van der Waals surface area contributed by atoms with E-state index >= 15 is 0 Å². The van der Waals surface area contributed by atoms with Crippen molar-refractivity contribution < 1.29 is 12.8 Å². The lowest BCUT2D eigenvalue weighted by Gasteiger charge is -2.21. The fourth-order valence-electron chi connectivity index (χ4n) is 2.58. The Bertz CT molecular complexity index is 676. The molecule has 1 fully saturated rings. The third-order valence-electron chi connectivity index (χ3n) is 3.62. The molecule has 0 unspecified atom stereocenters. The molecule has 0 aromatic carbocycles. The van der Waals surface area contributed by atoms with Gasteiger partial charge in [-0.1, -0.05) is 0 Å². The van der Waals surface area contributed by atoms with Crippen LogP contribution >= 0.6 is 0 Å². The van der Waals surface area contributed by atoms with Crippen molar-refractivity contribution >= 4 is 10.0 Å². The quantitative estimate of drug-likeness (QED) is 0.865. The molecule has 1 saturated heterocycles. The van der Waals surface area contributed by atoms with Gasteiger partial charge in [-0.3, -0.25) is 4.68 Å². The summed E-state index contributed by atoms with van der Waals surface area (Å²) in [5, 5.41) is 4.05. The van der Waals surface area contributed by atoms with Gasteiger partial charge in [-0.25, -0.2) is 8.42 Å². The Balaban J connectivity index is 1.94. The smallest absolute Gasteiger partial charge is 0.246 e. The van der Waals surface area contributed by atoms with Gasteiger partial charge in [-0.2, -0.15) is 9.40 Å². The fraction of sp³-hybridized carbons (Fsp3) is 0.462. The second kappa shape index (κ2) is 5.06. The lowest BCUT2D eigenvalue weighted by molar-refractivity contribution is 0.339. The van der Waals surface area contributed by atoms with Crippen LogP contribution in [0.3, 0.4) is 0 Å². The van der Waals surface area contributed by atoms with Gasteiger partial charge < -0.3 is 4.42 Å². The summed E-state index contributed by atoms with van der Waals surface area (Å²) in [4.78, 5) is 0.248. The largest absolute Gasteiger partial charge is 0.468 e. The van der Waals surface area contributed by atoms with Gasteiger partial charge in [-0.05, 0) is 31.9 Å². The molecular weight excluding hydrogens is 278 g/mol. The number of hydrogen-bond donors (Lipinski definition) is 0. The summed E-state index contributed by atoms with van der Waals surface area (Å²) in [5.41, 5.74) is 0. The Morgan fingerprint density at radius 1 is 1.50 bits per heavy atom. The van der Waals surface area contributed by atoms with Gasteiger partial charge in [0.2, 0.25) is 10.0 Å². The van der Waals surface area contributed by atoms with Crippen LogP contribution in [0.5, 0.6) is 0 Å². The van der Waals surface area contributed by atoms with E-state index in [1.54, 1.807) is 23.2 Å². The van der Waals surface area contributed by atoms with E-state index < -0.39 is 10.0 Å². The van der Waals surface area contributed by atoms with Gasteiger partial charge in [-0.15, -0.1) is 0 Å². The zero-order valence-corrected chi connectivity index (χ0v) is 12.1. The maximum absolute atomic E-state index is 12.7. The highest BCUT2D eigenvalue weighted by Crippen LogP contribution is 2.36. The fourth-order valence-corrected chi connectivity index (χ4v) is 4.20. The van der Waals surface area contributed by atoms with Crippen molar-refractivity contribution in [1.82, 2.24) is 14.1 Å². The second-order valence-corrected chi connectivity index (χ2v) is 6.71. The van der Waals surface area contributed by atoms with E-state index in [2.05, 4.69) is 5.10 Å². The summed E-state index contributed by atoms with van der Waals surface area (Å²) in [6.07, 6.45) is 6.19. The predicted molar refractivity (Wildman–Crippen MR) is 72.5 cm³/mol. The summed E-state index contributed by atoms with van der Waals surface area (Å²) in [6.45, 7) is 3.09. The summed E-state index contributed by atoms with van der Waals surface area (Å²) in [5.74, 6) is 0.703. The Kier molecular flexibility index (Phi) is 3.39. The van der Waals surface area contributed by atoms with Crippen molar-refractivity contribution in [3.8, 4) is 0 Å². The number of furan rings is 1. The molecule has 6 nitrogen and oxygen atoms in total. The highest BCUT2D eigenvalue weighted by atomic mass is 32.2. The zero-order chi connectivity index (χ0) is 14.2. The van der Waals surface area contributed by atoms with E-state index in [-0.39, 0.29) is 10.9 Å². The summed E-state index contributed by atoms with van der Waals surface area (Å²) < 4.78 is 33.9. The van der Waals surface area contributed by atoms with E-state index in [4.69, 9.17) is 4.42 Å². The van der Waals surface area contributed by atoms with Crippen LogP contribution in [0.25, 0.3) is 0 Å². The standard InChI is InChI=1S/C13H17N3O3S/c1-2-15-10-11(9-14-15)20(17,18)16-7-3-5-12(16)13-6-4-8-19-13/h4,6,8-10,12H,2-3,5,7H2,1H3/t12-/m1/s1. The van der Waals surface area contributed by atoms with Gasteiger partial charge in [0.15, 0.2) is 0 Å². The summed E-state index contributed by atoms with van der Waals surface area (Å²) in [6, 6.07) is 3.40. The molecule has 0 spiro atoms. The topological polar surface area (TPSA) is 68.3 Å². The maximum atomic E-state index is 12.7. The number of aromatic nitrogens is 2. The van der Waals surface area contributed by atoms with Crippen LogP contribution in [-0.4, -0.2) is 29.0 Å². The normalized spacial score (nSPS) is 20.6. The first-order valence-electron chi connectivity index (χ1n) is 6.70. The first-order chi connectivity index (χ1) is 9.63. The van der Waals surface area contributed by atoms with Crippen LogP contribution in [-0.2, 0) is 16.6 Å². The highest BCUT2D eigenvalue weighted by molar-refractivity contribution is 7.89. The number of hydrogen-bond acceptors (Lipinski definition) is 4. The molecule has 3 rings (SSSR count). The summed E-state index contributed by atoms with van der Waals surface area (Å²) >= 11 is 0. The van der Waals surface area contributed by atoms with Crippen molar-refractivity contribution in [2.24, 2.45) is 0 Å². The Labute approximate surface area is 118 Å². The minimum absolute atomic E-state index is 0.208. The molecule has 0 radical (unpaired) electrons. The SMILES string of the molecule is CCn1cc(S(=O)(=O)N2CCC[C@@H]2c2ccco2)cn1. The highest BCUT2D eigenvalue weighted by Gasteiger charge is 2.38. The van der Waals surface area contributed by atoms with Gasteiger partial charge in [0.05, 0.1) is 18.5 Å². The predicted octanol–water partition coefficient (Wildman–Crippen LogP) is 2.02. The average Bonchev–Trinajstić information content (AvgIpc) is 3.17. The molecule has 2 aromatic heterocycles. The molecule has 0 N–H and O–H groups in total. The van der Waals surface area contributed by atoms with Crippen molar-refractivity contribution in [1.29, 1.82) is 0 Å². The molecule has 108 valence electrons. The van der Waals surface area contributed by atoms with E-state index in [9.17, 15) is 8.42 Å². The monoisotopic (exact) mass is 295 g/mol. The number of rotatable bonds is 4. The third-order valence-corrected chi connectivity index (χ3v) is 5.48. The minimum Gasteiger partial charge on any atom is -0.468 e. The number of aryl methyl sites for hydroxylation is 1. The molecule has 0 aliphatic carbocycles. The molecule has 0 bridgehead atoms. The van der Waals surface area contributed by atoms with E-state index in [0.29, 0.717) is 18.8 Å². The van der Waals surface area contributed by atoms with Crippen LogP contribution in [0.2, 0.25) is 0 Å². The van der Waals surface area contributed by atoms with Crippen LogP contribution in [0.1, 0.15) is 31.6 Å². The molecule has 0 saturated carbocycles. The molecule has 7 heteroatoms. The molecule has 20 heavy (non-hydrogen) atoms. The molecule has 1 atom stereocenters. The van der Waals surface area contributed by atoms with Crippen molar-refractivity contribution in [2.45, 2.75) is 37.2 Å².